The first-order chi connectivity index (χ1) is 9.67. The first kappa shape index (κ1) is 17.2. The zero-order valence-corrected chi connectivity index (χ0v) is 13.4. The maximum absolute atomic E-state index is 6.08. The van der Waals surface area contributed by atoms with E-state index in [9.17, 15) is 0 Å². The van der Waals surface area contributed by atoms with Gasteiger partial charge in [-0.25, -0.2) is 0 Å². The Labute approximate surface area is 124 Å². The third kappa shape index (κ3) is 4.58. The van der Waals surface area contributed by atoms with E-state index in [1.54, 1.807) is 7.11 Å². The highest BCUT2D eigenvalue weighted by molar-refractivity contribution is 5.24. The van der Waals surface area contributed by atoms with Crippen LogP contribution in [-0.4, -0.2) is 37.7 Å². The third-order valence-corrected chi connectivity index (χ3v) is 4.05. The molecule has 0 aromatic heterocycles. The van der Waals surface area contributed by atoms with E-state index in [4.69, 9.17) is 10.5 Å². The van der Waals surface area contributed by atoms with Crippen LogP contribution in [0.15, 0.2) is 24.3 Å². The molecule has 0 amide bonds. The van der Waals surface area contributed by atoms with Crippen molar-refractivity contribution in [1.82, 2.24) is 4.90 Å². The molecule has 0 aliphatic carbocycles. The van der Waals surface area contributed by atoms with Gasteiger partial charge in [0.25, 0.3) is 0 Å². The average molecular weight is 278 g/mol. The molecular weight excluding hydrogens is 248 g/mol. The van der Waals surface area contributed by atoms with Gasteiger partial charge in [-0.3, -0.25) is 4.90 Å². The lowest BCUT2D eigenvalue weighted by Gasteiger charge is -2.37. The van der Waals surface area contributed by atoms with Gasteiger partial charge in [-0.05, 0) is 25.3 Å². The van der Waals surface area contributed by atoms with E-state index in [2.05, 4.69) is 49.9 Å². The molecule has 2 N–H and O–H groups in total. The van der Waals surface area contributed by atoms with Crippen molar-refractivity contribution in [3.63, 3.8) is 0 Å². The molecule has 1 unspecified atom stereocenters. The van der Waals surface area contributed by atoms with Crippen LogP contribution in [0.4, 0.5) is 0 Å². The molecule has 1 rings (SSSR count). The van der Waals surface area contributed by atoms with Crippen molar-refractivity contribution in [2.75, 3.05) is 26.8 Å². The van der Waals surface area contributed by atoms with Gasteiger partial charge in [-0.15, -0.1) is 0 Å². The van der Waals surface area contributed by atoms with E-state index >= 15 is 0 Å². The summed E-state index contributed by atoms with van der Waals surface area (Å²) in [6.07, 6.45) is 2.28. The SMILES string of the molecule is CCC(CC)N(CCOC)C(CN)c1ccc(C)cc1. The Bertz CT molecular complexity index is 360. The summed E-state index contributed by atoms with van der Waals surface area (Å²) in [5.74, 6) is 0. The average Bonchev–Trinajstić information content (AvgIpc) is 2.47. The van der Waals surface area contributed by atoms with Gasteiger partial charge in [0.05, 0.1) is 6.61 Å². The molecule has 1 atom stereocenters. The van der Waals surface area contributed by atoms with Gasteiger partial charge in [-0.2, -0.15) is 0 Å². The molecule has 0 spiro atoms. The quantitative estimate of drug-likeness (QED) is 0.754. The molecule has 1 aromatic carbocycles. The van der Waals surface area contributed by atoms with Crippen molar-refractivity contribution in [3.8, 4) is 0 Å². The van der Waals surface area contributed by atoms with Gasteiger partial charge in [0.1, 0.15) is 0 Å². The minimum Gasteiger partial charge on any atom is -0.383 e. The summed E-state index contributed by atoms with van der Waals surface area (Å²) in [5, 5.41) is 0. The fourth-order valence-corrected chi connectivity index (χ4v) is 2.80. The Balaban J connectivity index is 2.96. The Hall–Kier alpha value is -0.900. The molecule has 20 heavy (non-hydrogen) atoms. The van der Waals surface area contributed by atoms with Gasteiger partial charge in [0, 0.05) is 32.3 Å². The van der Waals surface area contributed by atoms with Gasteiger partial charge < -0.3 is 10.5 Å². The standard InChI is InChI=1S/C17H30N2O/c1-5-16(6-2)19(11-12-20-4)17(13-18)15-9-7-14(3)8-10-15/h7-10,16-17H,5-6,11-13,18H2,1-4H3. The zero-order chi connectivity index (χ0) is 15.0. The number of hydrogen-bond donors (Lipinski definition) is 1. The second-order valence-electron chi connectivity index (χ2n) is 5.36. The highest BCUT2D eigenvalue weighted by Gasteiger charge is 2.24. The maximum atomic E-state index is 6.08. The van der Waals surface area contributed by atoms with Crippen molar-refractivity contribution >= 4 is 0 Å². The molecule has 0 saturated carbocycles. The van der Waals surface area contributed by atoms with E-state index in [1.165, 1.54) is 11.1 Å². The number of nitrogens with two attached hydrogens (primary N) is 1. The van der Waals surface area contributed by atoms with E-state index in [0.717, 1.165) is 26.0 Å². The number of benzene rings is 1. The second-order valence-corrected chi connectivity index (χ2v) is 5.36. The Morgan fingerprint density at radius 2 is 1.75 bits per heavy atom. The van der Waals surface area contributed by atoms with E-state index in [1.807, 2.05) is 0 Å². The van der Waals surface area contributed by atoms with Crippen LogP contribution >= 0.6 is 0 Å². The zero-order valence-electron chi connectivity index (χ0n) is 13.4. The van der Waals surface area contributed by atoms with Crippen molar-refractivity contribution in [2.45, 2.75) is 45.7 Å². The predicted octanol–water partition coefficient (Wildman–Crippen LogP) is 3.13. The molecule has 0 aliphatic heterocycles. The predicted molar refractivity (Wildman–Crippen MR) is 85.9 cm³/mol. The summed E-state index contributed by atoms with van der Waals surface area (Å²) >= 11 is 0. The van der Waals surface area contributed by atoms with Crippen molar-refractivity contribution in [1.29, 1.82) is 0 Å². The number of methoxy groups -OCH3 is 1. The second kappa shape index (κ2) is 9.11. The minimum absolute atomic E-state index is 0.274. The van der Waals surface area contributed by atoms with Gasteiger partial charge >= 0.3 is 0 Å². The lowest BCUT2D eigenvalue weighted by molar-refractivity contribution is 0.0817. The fourth-order valence-electron chi connectivity index (χ4n) is 2.80. The van der Waals surface area contributed by atoms with Crippen LogP contribution in [0.25, 0.3) is 0 Å². The first-order valence-corrected chi connectivity index (χ1v) is 7.69. The molecule has 1 aromatic rings. The third-order valence-electron chi connectivity index (χ3n) is 4.05. The van der Waals surface area contributed by atoms with Crippen LogP contribution in [0.3, 0.4) is 0 Å². The molecule has 3 heteroatoms. The Morgan fingerprint density at radius 1 is 1.15 bits per heavy atom. The van der Waals surface area contributed by atoms with Crippen LogP contribution in [0.5, 0.6) is 0 Å². The molecule has 0 bridgehead atoms. The van der Waals surface area contributed by atoms with Crippen LogP contribution in [0.2, 0.25) is 0 Å². The molecule has 3 nitrogen and oxygen atoms in total. The van der Waals surface area contributed by atoms with Crippen LogP contribution < -0.4 is 5.73 Å². The lowest BCUT2D eigenvalue weighted by Crippen LogP contribution is -2.42. The highest BCUT2D eigenvalue weighted by Crippen LogP contribution is 2.24. The van der Waals surface area contributed by atoms with Gasteiger partial charge in [-0.1, -0.05) is 43.7 Å². The molecular formula is C17H30N2O. The summed E-state index contributed by atoms with van der Waals surface area (Å²) < 4.78 is 5.28. The fraction of sp³-hybridized carbons (Fsp3) is 0.647. The van der Waals surface area contributed by atoms with Crippen molar-refractivity contribution in [2.24, 2.45) is 5.73 Å². The topological polar surface area (TPSA) is 38.5 Å². The Kier molecular flexibility index (Phi) is 7.82. The summed E-state index contributed by atoms with van der Waals surface area (Å²) in [5.41, 5.74) is 8.67. The molecule has 0 radical (unpaired) electrons. The normalized spacial score (nSPS) is 13.2. The number of hydrogen-bond acceptors (Lipinski definition) is 3. The summed E-state index contributed by atoms with van der Waals surface area (Å²) in [4.78, 5) is 2.51. The molecule has 0 fully saturated rings. The van der Waals surface area contributed by atoms with E-state index < -0.39 is 0 Å². The molecule has 0 heterocycles. The number of ether oxygens (including phenoxy) is 1. The van der Waals surface area contributed by atoms with Crippen LogP contribution in [0, 0.1) is 6.92 Å². The number of rotatable bonds is 9. The number of nitrogens with zero attached hydrogens (tertiary/aromatic N) is 1. The van der Waals surface area contributed by atoms with Gasteiger partial charge in [0.15, 0.2) is 0 Å². The largest absolute Gasteiger partial charge is 0.383 e. The van der Waals surface area contributed by atoms with Crippen molar-refractivity contribution < 1.29 is 4.74 Å². The molecule has 114 valence electrons. The maximum Gasteiger partial charge on any atom is 0.0590 e. The highest BCUT2D eigenvalue weighted by atomic mass is 16.5. The Morgan fingerprint density at radius 3 is 2.20 bits per heavy atom. The van der Waals surface area contributed by atoms with E-state index in [0.29, 0.717) is 12.6 Å². The van der Waals surface area contributed by atoms with Crippen LogP contribution in [0.1, 0.15) is 43.9 Å². The molecule has 0 saturated heterocycles. The summed E-state index contributed by atoms with van der Waals surface area (Å²) in [7, 11) is 1.76. The smallest absolute Gasteiger partial charge is 0.0590 e. The van der Waals surface area contributed by atoms with Crippen LogP contribution in [-0.2, 0) is 4.74 Å². The monoisotopic (exact) mass is 278 g/mol. The minimum atomic E-state index is 0.274. The first-order valence-electron chi connectivity index (χ1n) is 7.69. The van der Waals surface area contributed by atoms with Gasteiger partial charge in [0.2, 0.25) is 0 Å². The summed E-state index contributed by atoms with van der Waals surface area (Å²) in [6, 6.07) is 9.57. The summed E-state index contributed by atoms with van der Waals surface area (Å²) in [6.45, 7) is 8.93. The number of aryl methyl sites for hydroxylation is 1. The van der Waals surface area contributed by atoms with E-state index in [-0.39, 0.29) is 6.04 Å². The lowest BCUT2D eigenvalue weighted by atomic mass is 10.00. The molecule has 0 aliphatic rings. The van der Waals surface area contributed by atoms with Crippen molar-refractivity contribution in [3.05, 3.63) is 35.4 Å².